The topological polar surface area (TPSA) is 26.2 Å². The maximum absolute atomic E-state index is 5.34. The number of aromatic nitrogens is 1. The van der Waals surface area contributed by atoms with E-state index in [9.17, 15) is 0 Å². The van der Waals surface area contributed by atoms with Crippen molar-refractivity contribution in [3.8, 4) is 5.75 Å². The summed E-state index contributed by atoms with van der Waals surface area (Å²) in [6.07, 6.45) is 3.26. The normalized spacial score (nSPS) is 10.9. The summed E-state index contributed by atoms with van der Waals surface area (Å²) in [6.45, 7) is 2.08. The molecule has 2 aromatic rings. The highest BCUT2D eigenvalue weighted by molar-refractivity contribution is 5.86. The molecule has 1 N–H and O–H groups in total. The molecule has 0 saturated carbocycles. The number of fused-ring (bicyclic) bond motifs is 1. The lowest BCUT2D eigenvalue weighted by Crippen LogP contribution is -2.10. The molecule has 1 aromatic heterocycles. The van der Waals surface area contributed by atoms with Gasteiger partial charge in [-0.1, -0.05) is 6.07 Å². The highest BCUT2D eigenvalue weighted by Crippen LogP contribution is 2.26. The van der Waals surface area contributed by atoms with E-state index in [2.05, 4.69) is 28.2 Å². The van der Waals surface area contributed by atoms with Crippen LogP contribution in [0.15, 0.2) is 30.5 Å². The largest absolute Gasteiger partial charge is 0.496 e. The number of nitrogens with zero attached hydrogens (tertiary/aromatic N) is 1. The molecule has 86 valence electrons. The van der Waals surface area contributed by atoms with Crippen LogP contribution in [-0.2, 0) is 6.54 Å². The van der Waals surface area contributed by atoms with E-state index in [1.807, 2.05) is 19.2 Å². The van der Waals surface area contributed by atoms with E-state index in [0.29, 0.717) is 0 Å². The number of methoxy groups -OCH3 is 1. The summed E-state index contributed by atoms with van der Waals surface area (Å²) in [7, 11) is 3.70. The van der Waals surface area contributed by atoms with Crippen LogP contribution in [0.4, 0.5) is 0 Å². The fraction of sp³-hybridized carbons (Fsp3) is 0.385. The van der Waals surface area contributed by atoms with E-state index in [-0.39, 0.29) is 0 Å². The van der Waals surface area contributed by atoms with Gasteiger partial charge < -0.3 is 14.6 Å². The molecule has 3 nitrogen and oxygen atoms in total. The minimum absolute atomic E-state index is 0.949. The lowest BCUT2D eigenvalue weighted by molar-refractivity contribution is 0.420. The average Bonchev–Trinajstić information content (AvgIpc) is 2.73. The van der Waals surface area contributed by atoms with E-state index >= 15 is 0 Å². The molecule has 0 spiro atoms. The zero-order valence-electron chi connectivity index (χ0n) is 9.86. The molecule has 0 bridgehead atoms. The molecule has 3 heteroatoms. The second-order valence-electron chi connectivity index (χ2n) is 3.86. The van der Waals surface area contributed by atoms with Crippen LogP contribution in [0.1, 0.15) is 6.42 Å². The third-order valence-corrected chi connectivity index (χ3v) is 2.82. The van der Waals surface area contributed by atoms with Crippen molar-refractivity contribution in [2.75, 3.05) is 20.7 Å². The van der Waals surface area contributed by atoms with Crippen molar-refractivity contribution in [1.29, 1.82) is 0 Å². The lowest BCUT2D eigenvalue weighted by atomic mass is 10.2. The number of hydrogen-bond acceptors (Lipinski definition) is 2. The fourth-order valence-corrected chi connectivity index (χ4v) is 1.99. The van der Waals surface area contributed by atoms with Crippen LogP contribution in [0, 0.1) is 0 Å². The van der Waals surface area contributed by atoms with Crippen LogP contribution in [0.2, 0.25) is 0 Å². The van der Waals surface area contributed by atoms with Gasteiger partial charge in [-0.2, -0.15) is 0 Å². The van der Waals surface area contributed by atoms with Gasteiger partial charge >= 0.3 is 0 Å². The molecular formula is C13H18N2O. The predicted molar refractivity (Wildman–Crippen MR) is 67.0 cm³/mol. The van der Waals surface area contributed by atoms with Crippen molar-refractivity contribution in [2.45, 2.75) is 13.0 Å². The maximum Gasteiger partial charge on any atom is 0.128 e. The number of nitrogens with one attached hydrogen (secondary N) is 1. The number of aryl methyl sites for hydroxylation is 1. The van der Waals surface area contributed by atoms with Crippen LogP contribution in [0.5, 0.6) is 5.75 Å². The quantitative estimate of drug-likeness (QED) is 0.779. The Bertz CT molecular complexity index is 462. The summed E-state index contributed by atoms with van der Waals surface area (Å²) in [5, 5.41) is 4.35. The predicted octanol–water partition coefficient (Wildman–Crippen LogP) is 2.26. The van der Waals surface area contributed by atoms with Crippen molar-refractivity contribution in [1.82, 2.24) is 9.88 Å². The molecule has 0 atom stereocenters. The molecule has 0 amide bonds. The molecule has 16 heavy (non-hydrogen) atoms. The van der Waals surface area contributed by atoms with Gasteiger partial charge in [-0.25, -0.2) is 0 Å². The molecule has 0 unspecified atom stereocenters. The summed E-state index contributed by atoms with van der Waals surface area (Å²) in [5.41, 5.74) is 1.25. The summed E-state index contributed by atoms with van der Waals surface area (Å²) in [4.78, 5) is 0. The second-order valence-corrected chi connectivity index (χ2v) is 3.86. The van der Waals surface area contributed by atoms with Gasteiger partial charge in [0, 0.05) is 18.1 Å². The van der Waals surface area contributed by atoms with E-state index in [1.165, 1.54) is 10.9 Å². The monoisotopic (exact) mass is 218 g/mol. The Labute approximate surface area is 96.0 Å². The molecule has 0 aliphatic carbocycles. The Kier molecular flexibility index (Phi) is 3.47. The smallest absolute Gasteiger partial charge is 0.128 e. The number of benzene rings is 1. The highest BCUT2D eigenvalue weighted by Gasteiger charge is 2.04. The summed E-state index contributed by atoms with van der Waals surface area (Å²) >= 11 is 0. The first-order valence-corrected chi connectivity index (χ1v) is 5.63. The van der Waals surface area contributed by atoms with Gasteiger partial charge in [0.25, 0.3) is 0 Å². The minimum atomic E-state index is 0.949. The van der Waals surface area contributed by atoms with Gasteiger partial charge in [-0.05, 0) is 38.2 Å². The van der Waals surface area contributed by atoms with Gasteiger partial charge in [-0.15, -0.1) is 0 Å². The fourth-order valence-electron chi connectivity index (χ4n) is 1.99. The Morgan fingerprint density at radius 2 is 2.19 bits per heavy atom. The van der Waals surface area contributed by atoms with E-state index < -0.39 is 0 Å². The van der Waals surface area contributed by atoms with Crippen LogP contribution >= 0.6 is 0 Å². The Balaban J connectivity index is 2.27. The van der Waals surface area contributed by atoms with Crippen molar-refractivity contribution in [2.24, 2.45) is 0 Å². The van der Waals surface area contributed by atoms with Crippen molar-refractivity contribution >= 4 is 10.9 Å². The summed E-state index contributed by atoms with van der Waals surface area (Å²) in [6, 6.07) is 8.29. The molecule has 2 rings (SSSR count). The molecular weight excluding hydrogens is 200 g/mol. The van der Waals surface area contributed by atoms with E-state index in [4.69, 9.17) is 4.74 Å². The first-order chi connectivity index (χ1) is 7.86. The van der Waals surface area contributed by atoms with E-state index in [1.54, 1.807) is 7.11 Å². The first kappa shape index (κ1) is 11.0. The number of rotatable bonds is 5. The van der Waals surface area contributed by atoms with Crippen molar-refractivity contribution in [3.05, 3.63) is 30.5 Å². The Hall–Kier alpha value is -1.48. The summed E-state index contributed by atoms with van der Waals surface area (Å²) < 4.78 is 7.61. The third kappa shape index (κ3) is 2.04. The van der Waals surface area contributed by atoms with Crippen molar-refractivity contribution < 1.29 is 4.74 Å². The van der Waals surface area contributed by atoms with Crippen molar-refractivity contribution in [3.63, 3.8) is 0 Å². The summed E-state index contributed by atoms with van der Waals surface area (Å²) in [5.74, 6) is 0.949. The molecule has 0 aliphatic rings. The minimum Gasteiger partial charge on any atom is -0.496 e. The second kappa shape index (κ2) is 5.03. The Morgan fingerprint density at radius 3 is 2.94 bits per heavy atom. The SMILES string of the molecule is CNCCCn1ccc2c(OC)cccc21. The molecule has 0 saturated heterocycles. The third-order valence-electron chi connectivity index (χ3n) is 2.82. The van der Waals surface area contributed by atoms with Gasteiger partial charge in [0.05, 0.1) is 12.6 Å². The number of ether oxygens (including phenoxy) is 1. The van der Waals surface area contributed by atoms with Crippen LogP contribution < -0.4 is 10.1 Å². The zero-order chi connectivity index (χ0) is 11.4. The molecule has 0 fully saturated rings. The van der Waals surface area contributed by atoms with E-state index in [0.717, 1.165) is 25.3 Å². The molecule has 0 aliphatic heterocycles. The molecule has 1 aromatic carbocycles. The van der Waals surface area contributed by atoms with Gasteiger partial charge in [0.2, 0.25) is 0 Å². The van der Waals surface area contributed by atoms with Crippen LogP contribution in [0.3, 0.4) is 0 Å². The zero-order valence-corrected chi connectivity index (χ0v) is 9.86. The molecule has 1 heterocycles. The standard InChI is InChI=1S/C13H18N2O/c1-14-8-4-9-15-10-7-11-12(15)5-3-6-13(11)16-2/h3,5-7,10,14H,4,8-9H2,1-2H3. The van der Waals surface area contributed by atoms with Crippen LogP contribution in [0.25, 0.3) is 10.9 Å². The van der Waals surface area contributed by atoms with Gasteiger partial charge in [-0.3, -0.25) is 0 Å². The average molecular weight is 218 g/mol. The first-order valence-electron chi connectivity index (χ1n) is 5.63. The highest BCUT2D eigenvalue weighted by atomic mass is 16.5. The number of hydrogen-bond donors (Lipinski definition) is 1. The van der Waals surface area contributed by atoms with Crippen LogP contribution in [-0.4, -0.2) is 25.3 Å². The van der Waals surface area contributed by atoms with Gasteiger partial charge in [0.1, 0.15) is 5.75 Å². The molecule has 0 radical (unpaired) electrons. The Morgan fingerprint density at radius 1 is 1.31 bits per heavy atom. The van der Waals surface area contributed by atoms with Gasteiger partial charge in [0.15, 0.2) is 0 Å². The maximum atomic E-state index is 5.34. The lowest BCUT2D eigenvalue weighted by Gasteiger charge is -2.06.